The van der Waals surface area contributed by atoms with Crippen LogP contribution in [0.4, 0.5) is 4.79 Å². The molecule has 26 heavy (non-hydrogen) atoms. The number of hydrogen-bond donors (Lipinski definition) is 2. The Bertz CT molecular complexity index is 485. The topological polar surface area (TPSA) is 88.5 Å². The molecule has 2 atom stereocenters. The minimum Gasteiger partial charge on any atom is -0.444 e. The van der Waals surface area contributed by atoms with Gasteiger partial charge < -0.3 is 29.0 Å². The molecule has 1 amide bonds. The fourth-order valence-corrected chi connectivity index (χ4v) is 3.29. The first-order chi connectivity index (χ1) is 11.6. The van der Waals surface area contributed by atoms with E-state index in [1.54, 1.807) is 20.8 Å². The van der Waals surface area contributed by atoms with Gasteiger partial charge in [-0.2, -0.15) is 0 Å². The first-order valence-corrected chi connectivity index (χ1v) is 12.1. The van der Waals surface area contributed by atoms with Crippen molar-refractivity contribution in [2.24, 2.45) is 0 Å². The van der Waals surface area contributed by atoms with E-state index in [0.29, 0.717) is 0 Å². The van der Waals surface area contributed by atoms with Crippen molar-refractivity contribution < 1.29 is 28.9 Å². The van der Waals surface area contributed by atoms with Crippen LogP contribution >= 0.6 is 0 Å². The van der Waals surface area contributed by atoms with Crippen molar-refractivity contribution in [1.82, 2.24) is 4.90 Å². The lowest BCUT2D eigenvalue weighted by atomic mass is 10.1. The third-order valence-electron chi connectivity index (χ3n) is 4.86. The van der Waals surface area contributed by atoms with Gasteiger partial charge in [0.2, 0.25) is 0 Å². The van der Waals surface area contributed by atoms with Gasteiger partial charge in [0.1, 0.15) is 11.2 Å². The first-order valence-electron chi connectivity index (χ1n) is 9.15. The van der Waals surface area contributed by atoms with Gasteiger partial charge in [-0.25, -0.2) is 4.79 Å². The Hall–Kier alpha value is -0.673. The molecule has 0 radical (unpaired) electrons. The summed E-state index contributed by atoms with van der Waals surface area (Å²) in [6.07, 6.45) is -1.10. The molecule has 0 unspecified atom stereocenters. The SMILES string of the molecule is CC(C)(C)OC(=O)N1C[C@@H](CO)OC[C@](O)(CO[Si](C)(C)C(C)(C)C)C1. The van der Waals surface area contributed by atoms with Crippen molar-refractivity contribution in [3.05, 3.63) is 0 Å². The predicted molar refractivity (Wildman–Crippen MR) is 103 cm³/mol. The highest BCUT2D eigenvalue weighted by atomic mass is 28.4. The molecule has 0 aromatic heterocycles. The average Bonchev–Trinajstić information content (AvgIpc) is 2.62. The molecule has 8 heteroatoms. The molecule has 0 aliphatic carbocycles. The van der Waals surface area contributed by atoms with Gasteiger partial charge in [-0.05, 0) is 38.9 Å². The Balaban J connectivity index is 2.91. The summed E-state index contributed by atoms with van der Waals surface area (Å²) in [7, 11) is -2.06. The molecule has 1 aliphatic heterocycles. The van der Waals surface area contributed by atoms with Crippen LogP contribution in [0.5, 0.6) is 0 Å². The molecule has 7 nitrogen and oxygen atoms in total. The number of hydrogen-bond acceptors (Lipinski definition) is 6. The van der Waals surface area contributed by atoms with Crippen LogP contribution in [0.1, 0.15) is 41.5 Å². The molecule has 1 rings (SSSR count). The molecule has 154 valence electrons. The summed E-state index contributed by atoms with van der Waals surface area (Å²) in [5, 5.41) is 20.5. The molecule has 1 fully saturated rings. The molecule has 1 saturated heterocycles. The van der Waals surface area contributed by atoms with Crippen LogP contribution in [-0.2, 0) is 13.9 Å². The number of rotatable bonds is 4. The Labute approximate surface area is 158 Å². The number of ether oxygens (including phenoxy) is 2. The second-order valence-corrected chi connectivity index (χ2v) is 14.6. The third kappa shape index (κ3) is 6.81. The molecule has 0 bridgehead atoms. The van der Waals surface area contributed by atoms with Gasteiger partial charge in [0.15, 0.2) is 8.32 Å². The smallest absolute Gasteiger partial charge is 0.410 e. The van der Waals surface area contributed by atoms with E-state index < -0.39 is 31.7 Å². The van der Waals surface area contributed by atoms with Gasteiger partial charge in [-0.3, -0.25) is 0 Å². The lowest BCUT2D eigenvalue weighted by Crippen LogP contribution is -2.53. The Kier molecular flexibility index (Phi) is 7.32. The monoisotopic (exact) mass is 391 g/mol. The predicted octanol–water partition coefficient (Wildman–Crippen LogP) is 2.37. The molecule has 0 saturated carbocycles. The van der Waals surface area contributed by atoms with Gasteiger partial charge in [0.05, 0.1) is 39.0 Å². The molecule has 0 aromatic carbocycles. The van der Waals surface area contributed by atoms with Crippen LogP contribution in [-0.4, -0.2) is 79.7 Å². The molecular weight excluding hydrogens is 354 g/mol. The van der Waals surface area contributed by atoms with Gasteiger partial charge in [-0.15, -0.1) is 0 Å². The van der Waals surface area contributed by atoms with Gasteiger partial charge in [0, 0.05) is 0 Å². The quantitative estimate of drug-likeness (QED) is 0.715. The number of amides is 1. The zero-order valence-electron chi connectivity index (χ0n) is 17.6. The fraction of sp³-hybridized carbons (Fsp3) is 0.944. The van der Waals surface area contributed by atoms with Crippen molar-refractivity contribution in [3.8, 4) is 0 Å². The maximum absolute atomic E-state index is 12.5. The van der Waals surface area contributed by atoms with E-state index in [1.165, 1.54) is 4.90 Å². The standard InChI is InChI=1S/C18H37NO6Si/c1-16(2,3)25-15(21)19-9-14(10-20)23-12-18(22,11-19)13-24-26(7,8)17(4,5)6/h14,20,22H,9-13H2,1-8H3/t14-,18-/m0/s1. The molecule has 1 heterocycles. The van der Waals surface area contributed by atoms with Crippen molar-refractivity contribution in [2.45, 2.75) is 77.0 Å². The second-order valence-electron chi connectivity index (χ2n) is 9.75. The van der Waals surface area contributed by atoms with E-state index in [9.17, 15) is 15.0 Å². The van der Waals surface area contributed by atoms with E-state index in [-0.39, 0.29) is 37.9 Å². The summed E-state index contributed by atoms with van der Waals surface area (Å²) in [4.78, 5) is 13.9. The number of β-amino-alcohol motifs (C(OH)–C–C–N with tert-alkyl or cyclic N) is 1. The van der Waals surface area contributed by atoms with Crippen LogP contribution in [0, 0.1) is 0 Å². The minimum atomic E-state index is -2.06. The minimum absolute atomic E-state index is 0.00737. The summed E-state index contributed by atoms with van der Waals surface area (Å²) < 4.78 is 17.2. The average molecular weight is 392 g/mol. The highest BCUT2D eigenvalue weighted by Gasteiger charge is 2.43. The fourth-order valence-electron chi connectivity index (χ4n) is 2.23. The maximum atomic E-state index is 12.5. The van der Waals surface area contributed by atoms with E-state index in [2.05, 4.69) is 33.9 Å². The van der Waals surface area contributed by atoms with Crippen molar-refractivity contribution in [2.75, 3.05) is 32.9 Å². The summed E-state index contributed by atoms with van der Waals surface area (Å²) in [6, 6.07) is 0. The summed E-state index contributed by atoms with van der Waals surface area (Å²) in [6.45, 7) is 16.0. The van der Waals surface area contributed by atoms with Crippen LogP contribution in [0.15, 0.2) is 0 Å². The first kappa shape index (κ1) is 23.4. The number of aliphatic hydroxyl groups excluding tert-OH is 1. The van der Waals surface area contributed by atoms with Crippen LogP contribution in [0.3, 0.4) is 0 Å². The third-order valence-corrected chi connectivity index (χ3v) is 9.34. The van der Waals surface area contributed by atoms with Crippen molar-refractivity contribution in [1.29, 1.82) is 0 Å². The van der Waals surface area contributed by atoms with E-state index in [0.717, 1.165) is 0 Å². The lowest BCUT2D eigenvalue weighted by molar-refractivity contribution is -0.0854. The van der Waals surface area contributed by atoms with E-state index in [1.807, 2.05) is 0 Å². The molecular formula is C18H37NO6Si. The number of nitrogens with zero attached hydrogens (tertiary/aromatic N) is 1. The Morgan fingerprint density at radius 3 is 2.31 bits per heavy atom. The lowest BCUT2D eigenvalue weighted by Gasteiger charge is -2.39. The summed E-state index contributed by atoms with van der Waals surface area (Å²) in [5.74, 6) is 0. The van der Waals surface area contributed by atoms with E-state index in [4.69, 9.17) is 13.9 Å². The molecule has 2 N–H and O–H groups in total. The van der Waals surface area contributed by atoms with Crippen LogP contribution in [0.2, 0.25) is 18.1 Å². The van der Waals surface area contributed by atoms with Crippen LogP contribution in [0.25, 0.3) is 0 Å². The van der Waals surface area contributed by atoms with Crippen molar-refractivity contribution in [3.63, 3.8) is 0 Å². The van der Waals surface area contributed by atoms with Gasteiger partial charge in [-0.1, -0.05) is 20.8 Å². The molecule has 0 aromatic rings. The largest absolute Gasteiger partial charge is 0.444 e. The zero-order chi connectivity index (χ0) is 20.4. The number of carbonyl (C=O) groups excluding carboxylic acids is 1. The van der Waals surface area contributed by atoms with Crippen LogP contribution < -0.4 is 0 Å². The number of carbonyl (C=O) groups is 1. The van der Waals surface area contributed by atoms with Crippen molar-refractivity contribution >= 4 is 14.4 Å². The Morgan fingerprint density at radius 2 is 1.85 bits per heavy atom. The summed E-state index contributed by atoms with van der Waals surface area (Å²) >= 11 is 0. The Morgan fingerprint density at radius 1 is 1.27 bits per heavy atom. The zero-order valence-corrected chi connectivity index (χ0v) is 18.6. The van der Waals surface area contributed by atoms with E-state index >= 15 is 0 Å². The molecule has 1 aliphatic rings. The highest BCUT2D eigenvalue weighted by Crippen LogP contribution is 2.37. The second kappa shape index (κ2) is 8.14. The maximum Gasteiger partial charge on any atom is 0.410 e. The highest BCUT2D eigenvalue weighted by molar-refractivity contribution is 6.74. The molecule has 0 spiro atoms. The number of aliphatic hydroxyl groups is 2. The normalized spacial score (nSPS) is 25.8. The summed E-state index contributed by atoms with van der Waals surface area (Å²) in [5.41, 5.74) is -1.99. The van der Waals surface area contributed by atoms with Gasteiger partial charge >= 0.3 is 6.09 Å². The van der Waals surface area contributed by atoms with Gasteiger partial charge in [0.25, 0.3) is 0 Å².